The van der Waals surface area contributed by atoms with E-state index >= 15 is 0 Å². The Kier molecular flexibility index (Phi) is 4.30. The number of aromatic nitrogens is 2. The van der Waals surface area contributed by atoms with Crippen LogP contribution in [-0.2, 0) is 13.2 Å². The third-order valence-corrected chi connectivity index (χ3v) is 4.34. The minimum Gasteiger partial charge on any atom is -0.472 e. The number of ether oxygens (including phenoxy) is 1. The lowest BCUT2D eigenvalue weighted by atomic mass is 10.1. The van der Waals surface area contributed by atoms with Crippen LogP contribution in [0.5, 0.6) is 5.88 Å². The van der Waals surface area contributed by atoms with Gasteiger partial charge >= 0.3 is 0 Å². The number of nitriles is 1. The number of anilines is 1. The summed E-state index contributed by atoms with van der Waals surface area (Å²) in [5.74, 6) is -0.201. The molecular formula is C20H15FN4O2. The van der Waals surface area contributed by atoms with E-state index in [1.807, 2.05) is 6.07 Å². The molecule has 0 saturated carbocycles. The van der Waals surface area contributed by atoms with Crippen LogP contribution < -0.4 is 9.64 Å². The van der Waals surface area contributed by atoms with E-state index < -0.39 is 0 Å². The van der Waals surface area contributed by atoms with Gasteiger partial charge in [0.05, 0.1) is 18.2 Å². The van der Waals surface area contributed by atoms with Gasteiger partial charge in [0.1, 0.15) is 18.1 Å². The Morgan fingerprint density at radius 1 is 1.15 bits per heavy atom. The zero-order valence-electron chi connectivity index (χ0n) is 14.3. The van der Waals surface area contributed by atoms with Crippen molar-refractivity contribution < 1.29 is 13.9 Å². The summed E-state index contributed by atoms with van der Waals surface area (Å²) < 4.78 is 20.4. The molecule has 134 valence electrons. The standard InChI is InChI=1S/C20H15FN4O2/c21-16-4-6-17(7-5-16)24-8-9-25-18(20(24)26)11-19(23-25)27-13-15-3-1-2-14(10-15)12-22/h1-7,10-11H,8-9,13H2. The fourth-order valence-corrected chi connectivity index (χ4v) is 3.00. The first kappa shape index (κ1) is 16.8. The first-order valence-corrected chi connectivity index (χ1v) is 8.41. The molecule has 7 heteroatoms. The molecule has 0 radical (unpaired) electrons. The number of hydrogen-bond acceptors (Lipinski definition) is 4. The second-order valence-electron chi connectivity index (χ2n) is 6.13. The van der Waals surface area contributed by atoms with Crippen LogP contribution in [-0.4, -0.2) is 22.2 Å². The molecule has 0 bridgehead atoms. The van der Waals surface area contributed by atoms with Crippen molar-refractivity contribution in [1.29, 1.82) is 5.26 Å². The highest BCUT2D eigenvalue weighted by atomic mass is 19.1. The van der Waals surface area contributed by atoms with Crippen LogP contribution in [0.3, 0.4) is 0 Å². The highest BCUT2D eigenvalue weighted by molar-refractivity contribution is 6.05. The summed E-state index contributed by atoms with van der Waals surface area (Å²) in [6, 6.07) is 16.6. The summed E-state index contributed by atoms with van der Waals surface area (Å²) >= 11 is 0. The normalized spacial score (nSPS) is 13.2. The maximum absolute atomic E-state index is 13.1. The van der Waals surface area contributed by atoms with Gasteiger partial charge in [0.15, 0.2) is 0 Å². The van der Waals surface area contributed by atoms with Crippen molar-refractivity contribution in [2.75, 3.05) is 11.4 Å². The summed E-state index contributed by atoms with van der Waals surface area (Å²) in [5.41, 5.74) is 2.47. The van der Waals surface area contributed by atoms with Gasteiger partial charge in [-0.05, 0) is 42.0 Å². The highest BCUT2D eigenvalue weighted by Crippen LogP contribution is 2.24. The molecule has 6 nitrogen and oxygen atoms in total. The van der Waals surface area contributed by atoms with Crippen molar-refractivity contribution >= 4 is 11.6 Å². The van der Waals surface area contributed by atoms with Crippen LogP contribution in [0.4, 0.5) is 10.1 Å². The lowest BCUT2D eigenvalue weighted by Crippen LogP contribution is -2.40. The van der Waals surface area contributed by atoms with Crippen LogP contribution in [0.25, 0.3) is 0 Å². The maximum Gasteiger partial charge on any atom is 0.276 e. The first-order valence-electron chi connectivity index (χ1n) is 8.41. The smallest absolute Gasteiger partial charge is 0.276 e. The molecule has 2 aromatic carbocycles. The number of benzene rings is 2. The minimum absolute atomic E-state index is 0.207. The molecule has 2 heterocycles. The molecule has 0 fully saturated rings. The van der Waals surface area contributed by atoms with E-state index in [2.05, 4.69) is 11.2 Å². The molecule has 0 aliphatic carbocycles. The Morgan fingerprint density at radius 2 is 1.96 bits per heavy atom. The van der Waals surface area contributed by atoms with Crippen molar-refractivity contribution in [3.05, 3.63) is 77.2 Å². The second kappa shape index (κ2) is 6.92. The molecule has 1 aromatic heterocycles. The van der Waals surface area contributed by atoms with Gasteiger partial charge in [0.25, 0.3) is 5.91 Å². The van der Waals surface area contributed by atoms with Crippen LogP contribution in [0.1, 0.15) is 21.6 Å². The largest absolute Gasteiger partial charge is 0.472 e. The Labute approximate surface area is 155 Å². The van der Waals surface area contributed by atoms with E-state index in [0.29, 0.717) is 35.9 Å². The van der Waals surface area contributed by atoms with E-state index in [1.165, 1.54) is 12.1 Å². The van der Waals surface area contributed by atoms with E-state index in [0.717, 1.165) is 5.56 Å². The van der Waals surface area contributed by atoms with E-state index in [1.54, 1.807) is 46.0 Å². The second-order valence-corrected chi connectivity index (χ2v) is 6.13. The van der Waals surface area contributed by atoms with E-state index in [9.17, 15) is 9.18 Å². The van der Waals surface area contributed by atoms with E-state index in [-0.39, 0.29) is 18.3 Å². The predicted octanol–water partition coefficient (Wildman–Crippen LogP) is 3.13. The van der Waals surface area contributed by atoms with Gasteiger partial charge in [-0.1, -0.05) is 12.1 Å². The monoisotopic (exact) mass is 362 g/mol. The molecule has 1 aliphatic rings. The molecule has 0 spiro atoms. The summed E-state index contributed by atoms with van der Waals surface area (Å²) in [6.07, 6.45) is 0. The van der Waals surface area contributed by atoms with Gasteiger partial charge in [-0.15, -0.1) is 5.10 Å². The number of nitrogens with zero attached hydrogens (tertiary/aromatic N) is 4. The summed E-state index contributed by atoms with van der Waals surface area (Å²) in [7, 11) is 0. The number of hydrogen-bond donors (Lipinski definition) is 0. The topological polar surface area (TPSA) is 71.2 Å². The van der Waals surface area contributed by atoms with Crippen LogP contribution in [0.15, 0.2) is 54.6 Å². The lowest BCUT2D eigenvalue weighted by Gasteiger charge is -2.27. The summed E-state index contributed by atoms with van der Waals surface area (Å²) in [4.78, 5) is 14.3. The molecule has 1 amide bonds. The van der Waals surface area contributed by atoms with Crippen LogP contribution in [0, 0.1) is 17.1 Å². The maximum atomic E-state index is 13.1. The zero-order valence-corrected chi connectivity index (χ0v) is 14.3. The van der Waals surface area contributed by atoms with Gasteiger partial charge in [-0.25, -0.2) is 4.39 Å². The van der Waals surface area contributed by atoms with E-state index in [4.69, 9.17) is 10.00 Å². The third kappa shape index (κ3) is 3.37. The molecule has 1 aliphatic heterocycles. The molecular weight excluding hydrogens is 347 g/mol. The number of carbonyl (C=O) groups excluding carboxylic acids is 1. The number of amides is 1. The number of rotatable bonds is 4. The number of halogens is 1. The van der Waals surface area contributed by atoms with Crippen molar-refractivity contribution in [1.82, 2.24) is 9.78 Å². The average Bonchev–Trinajstić information content (AvgIpc) is 3.12. The van der Waals surface area contributed by atoms with Gasteiger partial charge < -0.3 is 9.64 Å². The highest BCUT2D eigenvalue weighted by Gasteiger charge is 2.28. The molecule has 27 heavy (non-hydrogen) atoms. The van der Waals surface area contributed by atoms with Gasteiger partial charge in [0, 0.05) is 18.3 Å². The molecule has 4 rings (SSSR count). The number of carbonyl (C=O) groups is 1. The Balaban J connectivity index is 1.50. The fraction of sp³-hybridized carbons (Fsp3) is 0.150. The molecule has 0 N–H and O–H groups in total. The lowest BCUT2D eigenvalue weighted by molar-refractivity contribution is 0.0962. The van der Waals surface area contributed by atoms with Gasteiger partial charge in [-0.2, -0.15) is 5.26 Å². The molecule has 0 saturated heterocycles. The fourth-order valence-electron chi connectivity index (χ4n) is 3.00. The van der Waals surface area contributed by atoms with Crippen LogP contribution >= 0.6 is 0 Å². The minimum atomic E-state index is -0.343. The molecule has 0 unspecified atom stereocenters. The van der Waals surface area contributed by atoms with Crippen molar-refractivity contribution in [2.45, 2.75) is 13.2 Å². The summed E-state index contributed by atoms with van der Waals surface area (Å²) in [6.45, 7) is 1.22. The Morgan fingerprint density at radius 3 is 2.74 bits per heavy atom. The zero-order chi connectivity index (χ0) is 18.8. The predicted molar refractivity (Wildman–Crippen MR) is 95.8 cm³/mol. The van der Waals surface area contributed by atoms with Crippen molar-refractivity contribution in [3.63, 3.8) is 0 Å². The van der Waals surface area contributed by atoms with Gasteiger partial charge in [-0.3, -0.25) is 9.48 Å². The van der Waals surface area contributed by atoms with Crippen molar-refractivity contribution in [2.24, 2.45) is 0 Å². The average molecular weight is 362 g/mol. The molecule has 0 atom stereocenters. The summed E-state index contributed by atoms with van der Waals surface area (Å²) in [5, 5.41) is 13.3. The van der Waals surface area contributed by atoms with Crippen LogP contribution in [0.2, 0.25) is 0 Å². The third-order valence-electron chi connectivity index (χ3n) is 4.34. The quantitative estimate of drug-likeness (QED) is 0.715. The SMILES string of the molecule is N#Cc1cccc(COc2cc3n(n2)CCN(c2ccc(F)cc2)C3=O)c1. The Hall–Kier alpha value is -3.66. The van der Waals surface area contributed by atoms with Crippen molar-refractivity contribution in [3.8, 4) is 11.9 Å². The Bertz CT molecular complexity index is 1040. The first-order chi connectivity index (χ1) is 13.1. The molecule has 3 aromatic rings. The number of fused-ring (bicyclic) bond motifs is 1. The van der Waals surface area contributed by atoms with Gasteiger partial charge in [0.2, 0.25) is 5.88 Å².